The number of carbonyl (C=O) groups excluding carboxylic acids is 1. The Kier molecular flexibility index (Phi) is 3.29. The van der Waals surface area contributed by atoms with Crippen LogP contribution in [-0.4, -0.2) is 15.9 Å². The molecule has 0 unspecified atom stereocenters. The first kappa shape index (κ1) is 14.1. The second-order valence-corrected chi connectivity index (χ2v) is 5.37. The van der Waals surface area contributed by atoms with Gasteiger partial charge in [-0.1, -0.05) is 42.0 Å². The molecule has 0 aliphatic rings. The van der Waals surface area contributed by atoms with Gasteiger partial charge in [0.05, 0.1) is 5.39 Å². The Labute approximate surface area is 127 Å². The van der Waals surface area contributed by atoms with Crippen LogP contribution >= 0.6 is 0 Å². The number of pyridine rings is 1. The van der Waals surface area contributed by atoms with Gasteiger partial charge in [0.25, 0.3) is 5.56 Å². The molecule has 0 atom stereocenters. The number of fused-ring (bicyclic) bond motifs is 1. The van der Waals surface area contributed by atoms with Gasteiger partial charge in [0.1, 0.15) is 5.69 Å². The van der Waals surface area contributed by atoms with E-state index in [0.717, 1.165) is 11.1 Å². The van der Waals surface area contributed by atoms with E-state index in [0.29, 0.717) is 16.3 Å². The van der Waals surface area contributed by atoms with E-state index < -0.39 is 5.78 Å². The molecule has 0 spiro atoms. The summed E-state index contributed by atoms with van der Waals surface area (Å²) < 4.78 is 0. The number of hydrogen-bond acceptors (Lipinski definition) is 3. The minimum Gasteiger partial charge on any atom is -0.505 e. The highest BCUT2D eigenvalue weighted by Gasteiger charge is 2.19. The molecule has 22 heavy (non-hydrogen) atoms. The number of benzene rings is 2. The van der Waals surface area contributed by atoms with Crippen LogP contribution in [0.1, 0.15) is 27.2 Å². The molecule has 4 nitrogen and oxygen atoms in total. The Balaban J connectivity index is 2.24. The van der Waals surface area contributed by atoms with Crippen LogP contribution in [-0.2, 0) is 0 Å². The maximum atomic E-state index is 12.7. The molecule has 0 saturated carbocycles. The quantitative estimate of drug-likeness (QED) is 0.713. The van der Waals surface area contributed by atoms with E-state index in [9.17, 15) is 14.7 Å². The Hall–Kier alpha value is -2.88. The SMILES string of the molecule is Cc1ccc(C(=O)c2[nH]c(=O)c3ccccc3c2O)c(C)c1. The zero-order valence-corrected chi connectivity index (χ0v) is 12.3. The van der Waals surface area contributed by atoms with E-state index in [-0.39, 0.29) is 17.0 Å². The molecule has 2 N–H and O–H groups in total. The lowest BCUT2D eigenvalue weighted by Gasteiger charge is -2.09. The molecule has 1 heterocycles. The highest BCUT2D eigenvalue weighted by Crippen LogP contribution is 2.27. The van der Waals surface area contributed by atoms with Gasteiger partial charge in [0.15, 0.2) is 5.75 Å². The zero-order valence-electron chi connectivity index (χ0n) is 12.3. The van der Waals surface area contributed by atoms with Crippen molar-refractivity contribution in [2.24, 2.45) is 0 Å². The van der Waals surface area contributed by atoms with Gasteiger partial charge in [-0.05, 0) is 25.5 Å². The zero-order chi connectivity index (χ0) is 15.9. The number of nitrogens with one attached hydrogen (secondary N) is 1. The van der Waals surface area contributed by atoms with Gasteiger partial charge in [0.2, 0.25) is 5.78 Å². The fourth-order valence-electron chi connectivity index (χ4n) is 2.63. The number of aromatic hydroxyl groups is 1. The summed E-state index contributed by atoms with van der Waals surface area (Å²) in [5.41, 5.74) is 1.85. The lowest BCUT2D eigenvalue weighted by molar-refractivity contribution is 0.103. The van der Waals surface area contributed by atoms with Crippen molar-refractivity contribution in [2.75, 3.05) is 0 Å². The highest BCUT2D eigenvalue weighted by molar-refractivity contribution is 6.12. The normalized spacial score (nSPS) is 10.8. The van der Waals surface area contributed by atoms with Gasteiger partial charge in [0, 0.05) is 10.9 Å². The fourth-order valence-corrected chi connectivity index (χ4v) is 2.63. The van der Waals surface area contributed by atoms with E-state index in [2.05, 4.69) is 4.98 Å². The van der Waals surface area contributed by atoms with Crippen molar-refractivity contribution in [1.82, 2.24) is 4.98 Å². The van der Waals surface area contributed by atoms with Crippen molar-refractivity contribution < 1.29 is 9.90 Å². The van der Waals surface area contributed by atoms with E-state index >= 15 is 0 Å². The van der Waals surface area contributed by atoms with Crippen molar-refractivity contribution in [3.8, 4) is 5.75 Å². The summed E-state index contributed by atoms with van der Waals surface area (Å²) >= 11 is 0. The van der Waals surface area contributed by atoms with Gasteiger partial charge in [-0.2, -0.15) is 0 Å². The topological polar surface area (TPSA) is 70.2 Å². The molecule has 4 heteroatoms. The van der Waals surface area contributed by atoms with Crippen LogP contribution in [0.15, 0.2) is 47.3 Å². The van der Waals surface area contributed by atoms with E-state index in [1.54, 1.807) is 30.3 Å². The van der Waals surface area contributed by atoms with Crippen molar-refractivity contribution in [1.29, 1.82) is 0 Å². The summed E-state index contributed by atoms with van der Waals surface area (Å²) in [5, 5.41) is 11.1. The molecule has 0 aliphatic carbocycles. The number of rotatable bonds is 2. The first-order chi connectivity index (χ1) is 10.5. The number of carbonyl (C=O) groups is 1. The van der Waals surface area contributed by atoms with Gasteiger partial charge < -0.3 is 10.1 Å². The van der Waals surface area contributed by atoms with Gasteiger partial charge in [-0.15, -0.1) is 0 Å². The summed E-state index contributed by atoms with van der Waals surface area (Å²) in [6.07, 6.45) is 0. The minimum absolute atomic E-state index is 0.0735. The van der Waals surface area contributed by atoms with Gasteiger partial charge in [-0.25, -0.2) is 0 Å². The van der Waals surface area contributed by atoms with Gasteiger partial charge in [-0.3, -0.25) is 9.59 Å². The van der Waals surface area contributed by atoms with Crippen molar-refractivity contribution in [3.63, 3.8) is 0 Å². The highest BCUT2D eigenvalue weighted by atomic mass is 16.3. The summed E-state index contributed by atoms with van der Waals surface area (Å²) in [6, 6.07) is 12.1. The predicted octanol–water partition coefficient (Wildman–Crippen LogP) is 3.08. The Morgan fingerprint density at radius 1 is 1.05 bits per heavy atom. The molecule has 2 aromatic carbocycles. The second-order valence-electron chi connectivity index (χ2n) is 5.37. The third-order valence-electron chi connectivity index (χ3n) is 3.76. The first-order valence-electron chi connectivity index (χ1n) is 6.95. The van der Waals surface area contributed by atoms with E-state index in [4.69, 9.17) is 0 Å². The molecule has 0 amide bonds. The van der Waals surface area contributed by atoms with Crippen LogP contribution in [0.25, 0.3) is 10.8 Å². The molecule has 0 bridgehead atoms. The van der Waals surface area contributed by atoms with Crippen molar-refractivity contribution in [2.45, 2.75) is 13.8 Å². The van der Waals surface area contributed by atoms with Crippen LogP contribution in [0.3, 0.4) is 0 Å². The fraction of sp³-hybridized carbons (Fsp3) is 0.111. The van der Waals surface area contributed by atoms with Crippen LogP contribution in [0.2, 0.25) is 0 Å². The molecule has 0 radical (unpaired) electrons. The van der Waals surface area contributed by atoms with Crippen LogP contribution < -0.4 is 5.56 Å². The molecular weight excluding hydrogens is 278 g/mol. The minimum atomic E-state index is -0.391. The number of ketones is 1. The molecule has 0 aliphatic heterocycles. The average Bonchev–Trinajstić information content (AvgIpc) is 2.50. The summed E-state index contributed by atoms with van der Waals surface area (Å²) in [5.74, 6) is -0.585. The molecule has 0 saturated heterocycles. The monoisotopic (exact) mass is 293 g/mol. The van der Waals surface area contributed by atoms with E-state index in [1.165, 1.54) is 0 Å². The number of hydrogen-bond donors (Lipinski definition) is 2. The molecule has 1 aromatic heterocycles. The third-order valence-corrected chi connectivity index (χ3v) is 3.76. The molecular formula is C18H15NO3. The van der Waals surface area contributed by atoms with E-state index in [1.807, 2.05) is 26.0 Å². The number of aryl methyl sites for hydroxylation is 2. The third kappa shape index (κ3) is 2.19. The maximum Gasteiger partial charge on any atom is 0.256 e. The summed E-state index contributed by atoms with van der Waals surface area (Å²) in [6.45, 7) is 3.77. The van der Waals surface area contributed by atoms with Crippen LogP contribution in [0, 0.1) is 13.8 Å². The Morgan fingerprint density at radius 3 is 2.41 bits per heavy atom. The Morgan fingerprint density at radius 2 is 1.73 bits per heavy atom. The number of H-pyrrole nitrogens is 1. The van der Waals surface area contributed by atoms with Crippen LogP contribution in [0.4, 0.5) is 0 Å². The lowest BCUT2D eigenvalue weighted by Crippen LogP contribution is -2.15. The summed E-state index contributed by atoms with van der Waals surface area (Å²) in [7, 11) is 0. The largest absolute Gasteiger partial charge is 0.505 e. The predicted molar refractivity (Wildman–Crippen MR) is 85.6 cm³/mol. The van der Waals surface area contributed by atoms with Gasteiger partial charge >= 0.3 is 0 Å². The first-order valence-corrected chi connectivity index (χ1v) is 6.95. The average molecular weight is 293 g/mol. The van der Waals surface area contributed by atoms with Crippen LogP contribution in [0.5, 0.6) is 5.75 Å². The van der Waals surface area contributed by atoms with Crippen molar-refractivity contribution >= 4 is 16.6 Å². The maximum absolute atomic E-state index is 12.7. The molecule has 3 rings (SSSR count). The summed E-state index contributed by atoms with van der Waals surface area (Å²) in [4.78, 5) is 27.3. The standard InChI is InChI=1S/C18H15NO3/c1-10-7-8-12(11(2)9-10)16(20)15-17(21)13-5-3-4-6-14(13)18(22)19-15/h3-9,21H,1-2H3,(H,19,22). The lowest BCUT2D eigenvalue weighted by atomic mass is 9.98. The molecule has 110 valence electrons. The van der Waals surface area contributed by atoms with Crippen molar-refractivity contribution in [3.05, 3.63) is 75.2 Å². The number of aromatic amines is 1. The molecule has 3 aromatic rings. The smallest absolute Gasteiger partial charge is 0.256 e. The number of aromatic nitrogens is 1. The second kappa shape index (κ2) is 5.15. The molecule has 0 fully saturated rings. The Bertz CT molecular complexity index is 954.